The van der Waals surface area contributed by atoms with Crippen LogP contribution in [0.4, 0.5) is 0 Å². The van der Waals surface area contributed by atoms with Gasteiger partial charge in [0.2, 0.25) is 0 Å². The lowest BCUT2D eigenvalue weighted by atomic mass is 10.2. The highest BCUT2D eigenvalue weighted by Crippen LogP contribution is 2.30. The Labute approximate surface area is 107 Å². The van der Waals surface area contributed by atoms with Crippen LogP contribution < -0.4 is 20.1 Å². The molecule has 0 bridgehead atoms. The van der Waals surface area contributed by atoms with Gasteiger partial charge in [-0.2, -0.15) is 0 Å². The van der Waals surface area contributed by atoms with Crippen molar-refractivity contribution >= 4 is 5.96 Å². The lowest BCUT2D eigenvalue weighted by Crippen LogP contribution is -2.37. The van der Waals surface area contributed by atoms with Gasteiger partial charge < -0.3 is 20.1 Å². The van der Waals surface area contributed by atoms with Gasteiger partial charge in [-0.15, -0.1) is 0 Å². The predicted molar refractivity (Wildman–Crippen MR) is 71.3 cm³/mol. The van der Waals surface area contributed by atoms with Gasteiger partial charge in [-0.25, -0.2) is 0 Å². The third-order valence-corrected chi connectivity index (χ3v) is 2.84. The number of aliphatic imine (C=N–C) groups is 1. The SMILES string of the molecule is COc1cccc(CNC2=NCC(C)N2)c1OC. The van der Waals surface area contributed by atoms with Crippen molar-refractivity contribution in [2.75, 3.05) is 20.8 Å². The smallest absolute Gasteiger partial charge is 0.191 e. The zero-order valence-corrected chi connectivity index (χ0v) is 11.0. The van der Waals surface area contributed by atoms with Gasteiger partial charge in [-0.1, -0.05) is 12.1 Å². The first-order chi connectivity index (χ1) is 8.74. The van der Waals surface area contributed by atoms with E-state index in [1.165, 1.54) is 0 Å². The third-order valence-electron chi connectivity index (χ3n) is 2.84. The van der Waals surface area contributed by atoms with E-state index in [1.807, 2.05) is 18.2 Å². The van der Waals surface area contributed by atoms with E-state index in [9.17, 15) is 0 Å². The molecule has 1 aromatic carbocycles. The molecule has 18 heavy (non-hydrogen) atoms. The summed E-state index contributed by atoms with van der Waals surface area (Å²) in [6, 6.07) is 6.24. The van der Waals surface area contributed by atoms with Crippen molar-refractivity contribution in [2.45, 2.75) is 19.5 Å². The van der Waals surface area contributed by atoms with Crippen molar-refractivity contribution in [2.24, 2.45) is 4.99 Å². The fourth-order valence-corrected chi connectivity index (χ4v) is 1.93. The number of nitrogens with one attached hydrogen (secondary N) is 2. The van der Waals surface area contributed by atoms with Crippen LogP contribution in [0.1, 0.15) is 12.5 Å². The number of methoxy groups -OCH3 is 2. The Balaban J connectivity index is 2.05. The lowest BCUT2D eigenvalue weighted by molar-refractivity contribution is 0.351. The van der Waals surface area contributed by atoms with Gasteiger partial charge in [0.1, 0.15) is 0 Å². The molecule has 0 radical (unpaired) electrons. The van der Waals surface area contributed by atoms with Gasteiger partial charge in [0.05, 0.1) is 20.8 Å². The number of hydrogen-bond donors (Lipinski definition) is 2. The summed E-state index contributed by atoms with van der Waals surface area (Å²) in [7, 11) is 3.29. The van der Waals surface area contributed by atoms with Gasteiger partial charge in [-0.05, 0) is 13.0 Å². The summed E-state index contributed by atoms with van der Waals surface area (Å²) in [6.45, 7) is 3.57. The number of hydrogen-bond acceptors (Lipinski definition) is 5. The molecule has 5 nitrogen and oxygen atoms in total. The summed E-state index contributed by atoms with van der Waals surface area (Å²) >= 11 is 0. The fourth-order valence-electron chi connectivity index (χ4n) is 1.93. The maximum absolute atomic E-state index is 5.38. The van der Waals surface area contributed by atoms with Gasteiger partial charge in [-0.3, -0.25) is 4.99 Å². The van der Waals surface area contributed by atoms with Crippen LogP contribution in [0.2, 0.25) is 0 Å². The van der Waals surface area contributed by atoms with Crippen LogP contribution in [0.15, 0.2) is 23.2 Å². The van der Waals surface area contributed by atoms with Crippen LogP contribution in [-0.2, 0) is 6.54 Å². The number of nitrogens with zero attached hydrogens (tertiary/aromatic N) is 1. The molecule has 0 saturated carbocycles. The molecular formula is C13H19N3O2. The lowest BCUT2D eigenvalue weighted by Gasteiger charge is -2.14. The second-order valence-electron chi connectivity index (χ2n) is 4.24. The van der Waals surface area contributed by atoms with E-state index < -0.39 is 0 Å². The largest absolute Gasteiger partial charge is 0.493 e. The van der Waals surface area contributed by atoms with E-state index in [4.69, 9.17) is 9.47 Å². The number of para-hydroxylation sites is 1. The van der Waals surface area contributed by atoms with E-state index in [0.717, 1.165) is 29.6 Å². The zero-order chi connectivity index (χ0) is 13.0. The molecule has 1 heterocycles. The molecule has 0 spiro atoms. The van der Waals surface area contributed by atoms with E-state index in [2.05, 4.69) is 22.5 Å². The van der Waals surface area contributed by atoms with Crippen molar-refractivity contribution in [3.63, 3.8) is 0 Å². The number of benzene rings is 1. The molecule has 0 fully saturated rings. The molecule has 0 amide bonds. The summed E-state index contributed by atoms with van der Waals surface area (Å²) in [5.74, 6) is 2.35. The van der Waals surface area contributed by atoms with E-state index in [1.54, 1.807) is 14.2 Å². The van der Waals surface area contributed by atoms with Gasteiger partial charge in [0, 0.05) is 18.2 Å². The third kappa shape index (κ3) is 2.67. The second-order valence-corrected chi connectivity index (χ2v) is 4.24. The van der Waals surface area contributed by atoms with Crippen LogP contribution in [0.25, 0.3) is 0 Å². The maximum atomic E-state index is 5.38. The van der Waals surface area contributed by atoms with Crippen LogP contribution in [-0.4, -0.2) is 32.8 Å². The molecule has 1 unspecified atom stereocenters. The number of rotatable bonds is 4. The summed E-state index contributed by atoms with van der Waals surface area (Å²) in [6.07, 6.45) is 0. The fraction of sp³-hybridized carbons (Fsp3) is 0.462. The van der Waals surface area contributed by atoms with Gasteiger partial charge >= 0.3 is 0 Å². The van der Waals surface area contributed by atoms with Crippen LogP contribution in [0.5, 0.6) is 11.5 Å². The molecule has 0 aromatic heterocycles. The van der Waals surface area contributed by atoms with Crippen molar-refractivity contribution < 1.29 is 9.47 Å². The summed E-state index contributed by atoms with van der Waals surface area (Å²) < 4.78 is 10.6. The average molecular weight is 249 g/mol. The Bertz CT molecular complexity index is 446. The van der Waals surface area contributed by atoms with Crippen molar-refractivity contribution in [1.29, 1.82) is 0 Å². The minimum absolute atomic E-state index is 0.403. The Kier molecular flexibility index (Phi) is 3.92. The first-order valence-electron chi connectivity index (χ1n) is 5.99. The molecule has 5 heteroatoms. The van der Waals surface area contributed by atoms with Gasteiger partial charge in [0.15, 0.2) is 17.5 Å². The molecule has 1 aliphatic heterocycles. The first-order valence-corrected chi connectivity index (χ1v) is 5.99. The van der Waals surface area contributed by atoms with E-state index in [0.29, 0.717) is 12.6 Å². The molecule has 2 N–H and O–H groups in total. The molecule has 0 aliphatic carbocycles. The minimum atomic E-state index is 0.403. The second kappa shape index (κ2) is 5.62. The van der Waals surface area contributed by atoms with Gasteiger partial charge in [0.25, 0.3) is 0 Å². The highest BCUT2D eigenvalue weighted by atomic mass is 16.5. The quantitative estimate of drug-likeness (QED) is 0.840. The summed E-state index contributed by atoms with van der Waals surface area (Å²) in [4.78, 5) is 4.35. The molecule has 0 saturated heterocycles. The monoisotopic (exact) mass is 249 g/mol. The summed E-state index contributed by atoms with van der Waals surface area (Å²) in [5.41, 5.74) is 1.04. The number of guanidine groups is 1. The molecule has 1 atom stereocenters. The highest BCUT2D eigenvalue weighted by molar-refractivity contribution is 5.81. The van der Waals surface area contributed by atoms with Crippen molar-refractivity contribution in [3.8, 4) is 11.5 Å². The zero-order valence-electron chi connectivity index (χ0n) is 11.0. The Morgan fingerprint density at radius 2 is 2.22 bits per heavy atom. The first kappa shape index (κ1) is 12.5. The molecule has 1 aromatic rings. The molecule has 98 valence electrons. The topological polar surface area (TPSA) is 54.9 Å². The van der Waals surface area contributed by atoms with Crippen LogP contribution in [0, 0.1) is 0 Å². The normalized spacial score (nSPS) is 17.9. The van der Waals surface area contributed by atoms with Crippen LogP contribution in [0.3, 0.4) is 0 Å². The maximum Gasteiger partial charge on any atom is 0.191 e. The molecule has 2 rings (SSSR count). The molecular weight excluding hydrogens is 230 g/mol. The molecule has 1 aliphatic rings. The van der Waals surface area contributed by atoms with Crippen molar-refractivity contribution in [1.82, 2.24) is 10.6 Å². The predicted octanol–water partition coefficient (Wildman–Crippen LogP) is 1.14. The van der Waals surface area contributed by atoms with Crippen molar-refractivity contribution in [3.05, 3.63) is 23.8 Å². The minimum Gasteiger partial charge on any atom is -0.493 e. The standard InChI is InChI=1S/C13H19N3O2/c1-9-7-14-13(16-9)15-8-10-5-4-6-11(17-2)12(10)18-3/h4-6,9H,7-8H2,1-3H3,(H2,14,15,16). The Hall–Kier alpha value is -1.91. The van der Waals surface area contributed by atoms with E-state index >= 15 is 0 Å². The average Bonchev–Trinajstić information content (AvgIpc) is 2.81. The Morgan fingerprint density at radius 1 is 1.39 bits per heavy atom. The summed E-state index contributed by atoms with van der Waals surface area (Å²) in [5, 5.41) is 6.51. The highest BCUT2D eigenvalue weighted by Gasteiger charge is 2.13. The van der Waals surface area contributed by atoms with E-state index in [-0.39, 0.29) is 0 Å². The van der Waals surface area contributed by atoms with Crippen LogP contribution >= 0.6 is 0 Å². The Morgan fingerprint density at radius 3 is 2.83 bits per heavy atom. The number of ether oxygens (including phenoxy) is 2.